The highest BCUT2D eigenvalue weighted by Crippen LogP contribution is 2.29. The Hall–Kier alpha value is -1.86. The normalized spacial score (nSPS) is 12.4. The van der Waals surface area contributed by atoms with Gasteiger partial charge in [0, 0.05) is 18.2 Å². The van der Waals surface area contributed by atoms with Crippen LogP contribution in [0.15, 0.2) is 52.3 Å². The number of benzene rings is 2. The zero-order valence-corrected chi connectivity index (χ0v) is 15.7. The molecule has 0 saturated carbocycles. The minimum absolute atomic E-state index is 0.0237. The topological polar surface area (TPSA) is 80.3 Å². The monoisotopic (exact) mass is 367 g/mol. The SMILES string of the molecule is CC(C)c1cccc(Nc2ccc(S(C)(=O)=O)cc2S(C)(=O)=O)c1. The van der Waals surface area contributed by atoms with Crippen molar-refractivity contribution in [2.24, 2.45) is 0 Å². The van der Waals surface area contributed by atoms with Crippen molar-refractivity contribution in [2.45, 2.75) is 29.6 Å². The maximum Gasteiger partial charge on any atom is 0.177 e. The van der Waals surface area contributed by atoms with Crippen molar-refractivity contribution in [3.05, 3.63) is 48.0 Å². The zero-order valence-electron chi connectivity index (χ0n) is 14.1. The summed E-state index contributed by atoms with van der Waals surface area (Å²) >= 11 is 0. The van der Waals surface area contributed by atoms with E-state index in [4.69, 9.17) is 0 Å². The Bertz CT molecular complexity index is 962. The highest BCUT2D eigenvalue weighted by Gasteiger charge is 2.18. The van der Waals surface area contributed by atoms with Crippen molar-refractivity contribution in [1.29, 1.82) is 0 Å². The van der Waals surface area contributed by atoms with Crippen LogP contribution in [0, 0.1) is 0 Å². The lowest BCUT2D eigenvalue weighted by Gasteiger charge is -2.14. The van der Waals surface area contributed by atoms with E-state index in [1.807, 2.05) is 24.3 Å². The molecule has 0 bridgehead atoms. The van der Waals surface area contributed by atoms with Gasteiger partial charge >= 0.3 is 0 Å². The first-order valence-electron chi connectivity index (χ1n) is 7.39. The summed E-state index contributed by atoms with van der Waals surface area (Å²) in [6, 6.07) is 11.7. The molecule has 0 fully saturated rings. The first-order valence-corrected chi connectivity index (χ1v) is 11.2. The number of hydrogen-bond donors (Lipinski definition) is 1. The van der Waals surface area contributed by atoms with Crippen LogP contribution in [-0.2, 0) is 19.7 Å². The fourth-order valence-corrected chi connectivity index (χ4v) is 3.86. The minimum Gasteiger partial charge on any atom is -0.354 e. The van der Waals surface area contributed by atoms with Crippen LogP contribution in [0.3, 0.4) is 0 Å². The molecule has 2 aromatic rings. The quantitative estimate of drug-likeness (QED) is 0.876. The Kier molecular flexibility index (Phi) is 5.05. The number of hydrogen-bond acceptors (Lipinski definition) is 5. The van der Waals surface area contributed by atoms with Crippen LogP contribution in [0.25, 0.3) is 0 Å². The van der Waals surface area contributed by atoms with E-state index in [-0.39, 0.29) is 9.79 Å². The van der Waals surface area contributed by atoms with Gasteiger partial charge < -0.3 is 5.32 Å². The molecule has 0 aliphatic rings. The van der Waals surface area contributed by atoms with Crippen molar-refractivity contribution in [1.82, 2.24) is 0 Å². The third-order valence-corrected chi connectivity index (χ3v) is 5.86. The van der Waals surface area contributed by atoms with Crippen LogP contribution in [0.2, 0.25) is 0 Å². The number of nitrogens with one attached hydrogen (secondary N) is 1. The van der Waals surface area contributed by atoms with Crippen LogP contribution in [0.4, 0.5) is 11.4 Å². The molecule has 0 radical (unpaired) electrons. The Morgan fingerprint density at radius 1 is 0.875 bits per heavy atom. The molecule has 2 rings (SSSR count). The first kappa shape index (κ1) is 18.5. The van der Waals surface area contributed by atoms with E-state index in [1.54, 1.807) is 0 Å². The Balaban J connectivity index is 2.53. The maximum absolute atomic E-state index is 12.1. The molecule has 0 aliphatic heterocycles. The van der Waals surface area contributed by atoms with Crippen molar-refractivity contribution in [3.8, 4) is 0 Å². The van der Waals surface area contributed by atoms with Crippen molar-refractivity contribution in [3.63, 3.8) is 0 Å². The Morgan fingerprint density at radius 2 is 1.54 bits per heavy atom. The second-order valence-corrected chi connectivity index (χ2v) is 10.1. The maximum atomic E-state index is 12.1. The summed E-state index contributed by atoms with van der Waals surface area (Å²) in [5, 5.41) is 3.08. The van der Waals surface area contributed by atoms with E-state index in [1.165, 1.54) is 18.2 Å². The molecule has 0 heterocycles. The van der Waals surface area contributed by atoms with E-state index in [0.29, 0.717) is 11.6 Å². The van der Waals surface area contributed by atoms with Gasteiger partial charge in [0.1, 0.15) is 0 Å². The molecule has 0 aromatic heterocycles. The summed E-state index contributed by atoms with van der Waals surface area (Å²) < 4.78 is 47.5. The lowest BCUT2D eigenvalue weighted by Crippen LogP contribution is -2.06. The van der Waals surface area contributed by atoms with Crippen molar-refractivity contribution in [2.75, 3.05) is 17.8 Å². The molecule has 0 unspecified atom stereocenters. The summed E-state index contributed by atoms with van der Waals surface area (Å²) in [4.78, 5) is -0.0650. The van der Waals surface area contributed by atoms with E-state index < -0.39 is 19.7 Å². The van der Waals surface area contributed by atoms with Gasteiger partial charge in [-0.15, -0.1) is 0 Å². The molecule has 130 valence electrons. The lowest BCUT2D eigenvalue weighted by molar-refractivity contribution is 0.600. The fraction of sp³-hybridized carbons (Fsp3) is 0.294. The highest BCUT2D eigenvalue weighted by atomic mass is 32.2. The van der Waals surface area contributed by atoms with Gasteiger partial charge in [-0.3, -0.25) is 0 Å². The Labute approximate surface area is 143 Å². The molecule has 24 heavy (non-hydrogen) atoms. The molecule has 0 spiro atoms. The summed E-state index contributed by atoms with van der Waals surface area (Å²) in [5.41, 5.74) is 2.22. The highest BCUT2D eigenvalue weighted by molar-refractivity contribution is 7.91. The standard InChI is InChI=1S/C17H21NO4S2/c1-12(2)13-6-5-7-14(10-13)18-16-9-8-15(23(3,19)20)11-17(16)24(4,21)22/h5-12,18H,1-4H3. The van der Waals surface area contributed by atoms with Crippen LogP contribution in [0.5, 0.6) is 0 Å². The van der Waals surface area contributed by atoms with Gasteiger partial charge in [0.2, 0.25) is 0 Å². The van der Waals surface area contributed by atoms with Crippen molar-refractivity contribution < 1.29 is 16.8 Å². The van der Waals surface area contributed by atoms with Crippen LogP contribution in [0.1, 0.15) is 25.3 Å². The van der Waals surface area contributed by atoms with Gasteiger partial charge in [-0.05, 0) is 41.8 Å². The molecule has 7 heteroatoms. The summed E-state index contributed by atoms with van der Waals surface area (Å²) in [7, 11) is -7.08. The molecule has 2 aromatic carbocycles. The molecule has 5 nitrogen and oxygen atoms in total. The third kappa shape index (κ3) is 4.36. The van der Waals surface area contributed by atoms with Crippen LogP contribution < -0.4 is 5.32 Å². The fourth-order valence-electron chi connectivity index (χ4n) is 2.27. The largest absolute Gasteiger partial charge is 0.354 e. The summed E-state index contributed by atoms with van der Waals surface area (Å²) in [6.45, 7) is 4.14. The summed E-state index contributed by atoms with van der Waals surface area (Å²) in [5.74, 6) is 0.341. The predicted molar refractivity (Wildman–Crippen MR) is 96.5 cm³/mol. The minimum atomic E-state index is -3.59. The van der Waals surface area contributed by atoms with Crippen LogP contribution >= 0.6 is 0 Å². The van der Waals surface area contributed by atoms with Gasteiger partial charge in [0.15, 0.2) is 19.7 Å². The van der Waals surface area contributed by atoms with Crippen LogP contribution in [-0.4, -0.2) is 29.3 Å². The Morgan fingerprint density at radius 3 is 2.08 bits per heavy atom. The molecule has 0 atom stereocenters. The predicted octanol–water partition coefficient (Wildman–Crippen LogP) is 3.36. The second kappa shape index (κ2) is 6.57. The van der Waals surface area contributed by atoms with Gasteiger partial charge in [0.05, 0.1) is 15.5 Å². The van der Waals surface area contributed by atoms with Crippen molar-refractivity contribution >= 4 is 31.0 Å². The molecule has 0 aliphatic carbocycles. The smallest absolute Gasteiger partial charge is 0.177 e. The van der Waals surface area contributed by atoms with Gasteiger partial charge in [-0.2, -0.15) is 0 Å². The van der Waals surface area contributed by atoms with E-state index in [0.717, 1.165) is 23.8 Å². The second-order valence-electron chi connectivity index (χ2n) is 6.11. The average Bonchev–Trinajstić information content (AvgIpc) is 2.45. The lowest BCUT2D eigenvalue weighted by atomic mass is 10.0. The molecule has 0 saturated heterocycles. The van der Waals surface area contributed by atoms with E-state index in [2.05, 4.69) is 19.2 Å². The summed E-state index contributed by atoms with van der Waals surface area (Å²) in [6.07, 6.45) is 2.11. The average molecular weight is 367 g/mol. The molecule has 0 amide bonds. The number of rotatable bonds is 5. The number of sulfone groups is 2. The molecular formula is C17H21NO4S2. The van der Waals surface area contributed by atoms with Gasteiger partial charge in [-0.25, -0.2) is 16.8 Å². The number of anilines is 2. The molecular weight excluding hydrogens is 346 g/mol. The third-order valence-electron chi connectivity index (χ3n) is 3.61. The van der Waals surface area contributed by atoms with Gasteiger partial charge in [-0.1, -0.05) is 26.0 Å². The van der Waals surface area contributed by atoms with E-state index in [9.17, 15) is 16.8 Å². The van der Waals surface area contributed by atoms with E-state index >= 15 is 0 Å². The first-order chi connectivity index (χ1) is 11.0. The van der Waals surface area contributed by atoms with Gasteiger partial charge in [0.25, 0.3) is 0 Å². The zero-order chi connectivity index (χ0) is 18.1. The molecule has 1 N–H and O–H groups in total.